The van der Waals surface area contributed by atoms with Crippen molar-refractivity contribution in [2.24, 2.45) is 5.92 Å². The van der Waals surface area contributed by atoms with Crippen LogP contribution in [0.4, 0.5) is 26.3 Å². The van der Waals surface area contributed by atoms with Crippen LogP contribution in [-0.4, -0.2) is 0 Å². The summed E-state index contributed by atoms with van der Waals surface area (Å²) in [6.07, 6.45) is 12.7. The largest absolute Gasteiger partial charge is 0.203 e. The maximum absolute atomic E-state index is 14.3. The highest BCUT2D eigenvalue weighted by molar-refractivity contribution is 5.88. The first-order chi connectivity index (χ1) is 30.5. The first kappa shape index (κ1) is 114. The summed E-state index contributed by atoms with van der Waals surface area (Å²) in [5, 5.41) is 37.3. The highest BCUT2D eigenvalue weighted by Gasteiger charge is 2.25. The summed E-state index contributed by atoms with van der Waals surface area (Å²) in [5.41, 5.74) is 5.70. The van der Waals surface area contributed by atoms with Crippen molar-refractivity contribution in [3.05, 3.63) is 116 Å². The third-order valence-electron chi connectivity index (χ3n) is 9.96. The van der Waals surface area contributed by atoms with E-state index in [-0.39, 0.29) is 89.1 Å². The molecule has 6 nitrogen and oxygen atoms in total. The molecule has 5 rings (SSSR count). The maximum Gasteiger partial charge on any atom is 0.167 e. The number of hydrogen-bond donors (Lipinski definition) is 0. The van der Waals surface area contributed by atoms with E-state index >= 15 is 0 Å². The Bertz CT molecular complexity index is 1850. The number of rotatable bonds is 12. The zero-order valence-corrected chi connectivity index (χ0v) is 40.6. The average molecular weight is 1080 g/mol. The van der Waals surface area contributed by atoms with E-state index in [0.29, 0.717) is 64.8 Å². The Morgan fingerprint density at radius 2 is 0.707 bits per heavy atom. The standard InChI is InChI=1S/C17H20F2.C16H22F2.C12H16F2.3C2H6.12CH4.3N2/c1-4-6-12-8-9-13-10-14(7-5-2)16(18)17(19)15(13)11(12)3;1-3-5-11-7-8-12-10-13(6-4-2)15(17)16(18)14(12)9-11;1-3-5-9-7-8-10(6-4-2)12(14)11(9)13;3*1-2;;;;;;;;;;;;;3*1-2/h8-10H,4-7H2,1-3H3;10-11H,3-9H2,1-2H3;7-8H,3-6H2,1-2H3;3*1-2H3;12*1H4;;;. The summed E-state index contributed by atoms with van der Waals surface area (Å²) in [4.78, 5) is 0. The Kier molecular flexibility index (Phi) is 108. The molecule has 1 aliphatic rings. The van der Waals surface area contributed by atoms with Gasteiger partial charge >= 0.3 is 0 Å². The van der Waals surface area contributed by atoms with Crippen molar-refractivity contribution in [1.82, 2.24) is 0 Å². The van der Waals surface area contributed by atoms with Crippen molar-refractivity contribution in [3.63, 3.8) is 0 Å². The van der Waals surface area contributed by atoms with E-state index in [4.69, 9.17) is 32.4 Å². The van der Waals surface area contributed by atoms with Crippen LogP contribution in [0.15, 0.2) is 36.4 Å². The van der Waals surface area contributed by atoms with Crippen LogP contribution in [0.1, 0.15) is 268 Å². The van der Waals surface area contributed by atoms with Gasteiger partial charge in [0.15, 0.2) is 34.9 Å². The van der Waals surface area contributed by atoms with Gasteiger partial charge in [0.25, 0.3) is 0 Å². The molecule has 0 N–H and O–H groups in total. The van der Waals surface area contributed by atoms with Gasteiger partial charge in [-0.15, -0.1) is 0 Å². The second-order valence-electron chi connectivity index (χ2n) is 14.1. The van der Waals surface area contributed by atoms with Crippen LogP contribution in [-0.2, 0) is 44.9 Å². The minimum atomic E-state index is -0.684. The van der Waals surface area contributed by atoms with Gasteiger partial charge < -0.3 is 0 Å². The third kappa shape index (κ3) is 36.6. The molecule has 0 amide bonds. The molecule has 1 atom stereocenters. The molecule has 0 bridgehead atoms. The highest BCUT2D eigenvalue weighted by atomic mass is 19.2. The summed E-state index contributed by atoms with van der Waals surface area (Å²) < 4.78 is 83.1. The van der Waals surface area contributed by atoms with Crippen LogP contribution >= 0.6 is 0 Å². The van der Waals surface area contributed by atoms with Crippen LogP contribution < -0.4 is 0 Å². The molecule has 0 aliphatic heterocycles. The number of nitrogens with zero attached hydrogens (tertiary/aromatic N) is 6. The van der Waals surface area contributed by atoms with Gasteiger partial charge in [-0.3, -0.25) is 0 Å². The maximum atomic E-state index is 14.3. The Hall–Kier alpha value is -5.02. The van der Waals surface area contributed by atoms with Gasteiger partial charge in [0, 0.05) is 37.7 Å². The molecule has 0 fully saturated rings. The second-order valence-corrected chi connectivity index (χ2v) is 14.1. The minimum Gasteiger partial charge on any atom is -0.203 e. The Balaban J connectivity index is -0.0000000422. The van der Waals surface area contributed by atoms with Crippen molar-refractivity contribution in [1.29, 1.82) is 32.4 Å². The summed E-state index contributed by atoms with van der Waals surface area (Å²) in [6.45, 7) is 26.0. The van der Waals surface area contributed by atoms with Crippen molar-refractivity contribution in [2.75, 3.05) is 0 Å². The van der Waals surface area contributed by atoms with Gasteiger partial charge in [0.2, 0.25) is 0 Å². The lowest BCUT2D eigenvalue weighted by atomic mass is 9.80. The monoisotopic (exact) mass is 1080 g/mol. The normalized spacial score (nSPS) is 9.64. The van der Waals surface area contributed by atoms with Crippen LogP contribution in [0.2, 0.25) is 0 Å². The van der Waals surface area contributed by atoms with Gasteiger partial charge in [-0.2, -0.15) is 0 Å². The van der Waals surface area contributed by atoms with Crippen molar-refractivity contribution in [2.45, 2.75) is 275 Å². The zero-order valence-electron chi connectivity index (χ0n) is 40.6. The fourth-order valence-electron chi connectivity index (χ4n) is 7.31. The van der Waals surface area contributed by atoms with Crippen LogP contribution in [0, 0.1) is 80.1 Å². The van der Waals surface area contributed by atoms with Crippen LogP contribution in [0.3, 0.4) is 0 Å². The molecule has 12 heteroatoms. The van der Waals surface area contributed by atoms with Gasteiger partial charge in [-0.05, 0) is 120 Å². The predicted molar refractivity (Wildman–Crippen MR) is 327 cm³/mol. The molecule has 0 spiro atoms. The molecule has 0 aromatic heterocycles. The van der Waals surface area contributed by atoms with Crippen molar-refractivity contribution >= 4 is 10.8 Å². The molecule has 75 heavy (non-hydrogen) atoms. The highest BCUT2D eigenvalue weighted by Crippen LogP contribution is 2.33. The number of halogens is 6. The molecular weight excluding hydrogens is 955 g/mol. The predicted octanol–water partition coefficient (Wildman–Crippen LogP) is 24.8. The molecule has 0 heterocycles. The molecule has 4 aromatic rings. The van der Waals surface area contributed by atoms with E-state index in [1.54, 1.807) is 18.2 Å². The van der Waals surface area contributed by atoms with E-state index in [9.17, 15) is 26.3 Å². The third-order valence-corrected chi connectivity index (χ3v) is 9.96. The first-order valence-electron chi connectivity index (χ1n) is 22.9. The summed E-state index contributed by atoms with van der Waals surface area (Å²) in [5.74, 6) is -3.31. The smallest absolute Gasteiger partial charge is 0.167 e. The van der Waals surface area contributed by atoms with E-state index in [0.717, 1.165) is 92.7 Å². The summed E-state index contributed by atoms with van der Waals surface area (Å²) >= 11 is 0. The Morgan fingerprint density at radius 3 is 1.07 bits per heavy atom. The van der Waals surface area contributed by atoms with Crippen molar-refractivity contribution < 1.29 is 26.3 Å². The topological polar surface area (TPSA) is 143 Å². The molecule has 0 radical (unpaired) electrons. The fraction of sp³-hybridized carbons (Fsp3) is 0.651. The van der Waals surface area contributed by atoms with Gasteiger partial charge in [-0.25, -0.2) is 26.3 Å². The van der Waals surface area contributed by atoms with Gasteiger partial charge in [0.1, 0.15) is 0 Å². The molecular formula is C63H124F6N6. The lowest BCUT2D eigenvalue weighted by Crippen LogP contribution is -2.17. The Morgan fingerprint density at radius 1 is 0.400 bits per heavy atom. The molecule has 1 aliphatic carbocycles. The number of fused-ring (bicyclic) bond motifs is 2. The number of benzene rings is 4. The van der Waals surface area contributed by atoms with Crippen molar-refractivity contribution in [3.8, 4) is 0 Å². The lowest BCUT2D eigenvalue weighted by Gasteiger charge is -2.25. The summed E-state index contributed by atoms with van der Waals surface area (Å²) in [6, 6.07) is 11.0. The van der Waals surface area contributed by atoms with E-state index < -0.39 is 34.9 Å². The van der Waals surface area contributed by atoms with E-state index in [2.05, 4.69) is 13.8 Å². The van der Waals surface area contributed by atoms with Crippen LogP contribution in [0.25, 0.3) is 10.8 Å². The van der Waals surface area contributed by atoms with E-state index in [1.165, 1.54) is 0 Å². The molecule has 4 aromatic carbocycles. The zero-order chi connectivity index (χ0) is 49.7. The SMILES string of the molecule is C.C.C.C.C.C.C.C.C.C.C.C.CC.CC.CC.CCCc1cc2c(c(F)c1F)CC(CCC)CC2.CCCc1cc2ccc(CCC)c(C)c2c(F)c1F.CCCc1ccc(CCC)c(F)c1F.N#N.N#N.N#N. The quantitative estimate of drug-likeness (QED) is 0.102. The molecule has 0 saturated carbocycles. The number of aryl methyl sites for hydroxylation is 7. The first-order valence-corrected chi connectivity index (χ1v) is 22.9. The van der Waals surface area contributed by atoms with Gasteiger partial charge in [-0.1, -0.05) is 247 Å². The van der Waals surface area contributed by atoms with Crippen LogP contribution in [0.5, 0.6) is 0 Å². The fourth-order valence-corrected chi connectivity index (χ4v) is 7.31. The average Bonchev–Trinajstić information content (AvgIpc) is 3.33. The van der Waals surface area contributed by atoms with Gasteiger partial charge in [0.05, 0.1) is 0 Å². The lowest BCUT2D eigenvalue weighted by molar-refractivity contribution is 0.400. The summed E-state index contributed by atoms with van der Waals surface area (Å²) in [7, 11) is 0. The minimum absolute atomic E-state index is 0. The molecule has 1 unspecified atom stereocenters. The molecule has 448 valence electrons. The number of hydrogen-bond acceptors (Lipinski definition) is 6. The Labute approximate surface area is 465 Å². The molecule has 0 saturated heterocycles. The second kappa shape index (κ2) is 71.1. The van der Waals surface area contributed by atoms with E-state index in [1.807, 2.05) is 94.4 Å².